The lowest BCUT2D eigenvalue weighted by molar-refractivity contribution is -0.388. The highest BCUT2D eigenvalue weighted by molar-refractivity contribution is 5.85. The molecule has 0 saturated carbocycles. The van der Waals surface area contributed by atoms with Crippen LogP contribution in [-0.4, -0.2) is 19.5 Å². The smallest absolute Gasteiger partial charge is 0.358 e. The van der Waals surface area contributed by atoms with Crippen molar-refractivity contribution < 1.29 is 4.92 Å². The van der Waals surface area contributed by atoms with Gasteiger partial charge in [0.1, 0.15) is 11.8 Å². The van der Waals surface area contributed by atoms with Crippen molar-refractivity contribution in [1.82, 2.24) is 14.5 Å². The van der Waals surface area contributed by atoms with Gasteiger partial charge in [0.2, 0.25) is 0 Å². The molecule has 30 heavy (non-hydrogen) atoms. The summed E-state index contributed by atoms with van der Waals surface area (Å²) < 4.78 is 2.01. The maximum atomic E-state index is 11.3. The molecule has 0 spiro atoms. The van der Waals surface area contributed by atoms with Crippen LogP contribution in [0.4, 0.5) is 5.82 Å². The number of hydrogen-bond acceptors (Lipinski definition) is 4. The van der Waals surface area contributed by atoms with Crippen LogP contribution in [0.2, 0.25) is 0 Å². The molecule has 0 bridgehead atoms. The average molecular weight is 392 g/mol. The van der Waals surface area contributed by atoms with E-state index in [0.717, 1.165) is 22.3 Å². The van der Waals surface area contributed by atoms with Crippen LogP contribution >= 0.6 is 0 Å². The predicted octanol–water partition coefficient (Wildman–Crippen LogP) is 5.66. The molecule has 2 aromatic carbocycles. The number of fused-ring (bicyclic) bond motifs is 1. The Labute approximate surface area is 172 Å². The summed E-state index contributed by atoms with van der Waals surface area (Å²) in [4.78, 5) is 19.3. The lowest BCUT2D eigenvalue weighted by atomic mass is 10.1. The van der Waals surface area contributed by atoms with Gasteiger partial charge in [-0.05, 0) is 57.4 Å². The Bertz CT molecular complexity index is 1360. The third-order valence-corrected chi connectivity index (χ3v) is 5.05. The van der Waals surface area contributed by atoms with E-state index in [9.17, 15) is 10.1 Å². The molecule has 5 rings (SSSR count). The first-order chi connectivity index (χ1) is 14.7. The second-order valence-corrected chi connectivity index (χ2v) is 6.87. The van der Waals surface area contributed by atoms with Gasteiger partial charge in [0.15, 0.2) is 0 Å². The summed E-state index contributed by atoms with van der Waals surface area (Å²) in [6.45, 7) is 0. The van der Waals surface area contributed by atoms with E-state index in [1.54, 1.807) is 18.3 Å². The van der Waals surface area contributed by atoms with E-state index in [-0.39, 0.29) is 5.82 Å². The van der Waals surface area contributed by atoms with Gasteiger partial charge in [-0.3, -0.25) is 0 Å². The Balaban J connectivity index is 1.53. The SMILES string of the molecule is O=[N+]([O-])c1ncccc1-c1cnc2c(ccn2-c2ccc(-c3ccccc3)cc2)c1. The van der Waals surface area contributed by atoms with E-state index in [4.69, 9.17) is 0 Å². The topological polar surface area (TPSA) is 73.8 Å². The summed E-state index contributed by atoms with van der Waals surface area (Å²) in [5.41, 5.74) is 5.23. The minimum atomic E-state index is -0.473. The highest BCUT2D eigenvalue weighted by Crippen LogP contribution is 2.30. The fraction of sp³-hybridized carbons (Fsp3) is 0. The lowest BCUT2D eigenvalue weighted by Gasteiger charge is -2.08. The van der Waals surface area contributed by atoms with E-state index >= 15 is 0 Å². The zero-order valence-electron chi connectivity index (χ0n) is 15.8. The quantitative estimate of drug-likeness (QED) is 0.292. The van der Waals surface area contributed by atoms with Crippen molar-refractivity contribution in [2.24, 2.45) is 0 Å². The van der Waals surface area contributed by atoms with Crippen LogP contribution in [0.15, 0.2) is 97.5 Å². The summed E-state index contributed by atoms with van der Waals surface area (Å²) in [5.74, 6) is -0.172. The molecule has 5 aromatic rings. The number of pyridine rings is 2. The van der Waals surface area contributed by atoms with Gasteiger partial charge >= 0.3 is 5.82 Å². The largest absolute Gasteiger partial charge is 0.371 e. The Morgan fingerprint density at radius 3 is 2.33 bits per heavy atom. The van der Waals surface area contributed by atoms with Gasteiger partial charge in [-0.1, -0.05) is 42.5 Å². The molecule has 0 aliphatic heterocycles. The number of aromatic nitrogens is 3. The fourth-order valence-corrected chi connectivity index (χ4v) is 3.59. The van der Waals surface area contributed by atoms with E-state index in [2.05, 4.69) is 46.4 Å². The number of nitro groups is 1. The van der Waals surface area contributed by atoms with Gasteiger partial charge in [-0.2, -0.15) is 0 Å². The Morgan fingerprint density at radius 2 is 1.57 bits per heavy atom. The highest BCUT2D eigenvalue weighted by atomic mass is 16.6. The Kier molecular flexibility index (Phi) is 4.29. The molecule has 3 heterocycles. The standard InChI is InChI=1S/C24H16N4O2/c29-28(30)24-22(7-4-13-25-24)20-15-19-12-14-27(23(19)26-16-20)21-10-8-18(9-11-21)17-5-2-1-3-6-17/h1-16H. The van der Waals surface area contributed by atoms with Crippen LogP contribution < -0.4 is 0 Å². The molecule has 0 fully saturated rings. The molecule has 144 valence electrons. The van der Waals surface area contributed by atoms with Crippen molar-refractivity contribution in [3.63, 3.8) is 0 Å². The molecule has 0 atom stereocenters. The van der Waals surface area contributed by atoms with Gasteiger partial charge in [-0.15, -0.1) is 0 Å². The molecule has 6 nitrogen and oxygen atoms in total. The minimum absolute atomic E-state index is 0.172. The average Bonchev–Trinajstić information content (AvgIpc) is 3.23. The van der Waals surface area contributed by atoms with Gasteiger partial charge in [-0.25, -0.2) is 4.98 Å². The highest BCUT2D eigenvalue weighted by Gasteiger charge is 2.17. The second-order valence-electron chi connectivity index (χ2n) is 6.87. The zero-order valence-corrected chi connectivity index (χ0v) is 15.8. The maximum Gasteiger partial charge on any atom is 0.371 e. The normalized spacial score (nSPS) is 10.9. The van der Waals surface area contributed by atoms with Crippen molar-refractivity contribution in [2.45, 2.75) is 0 Å². The van der Waals surface area contributed by atoms with Crippen molar-refractivity contribution in [3.8, 4) is 27.9 Å². The first kappa shape index (κ1) is 17.8. The zero-order chi connectivity index (χ0) is 20.5. The summed E-state index contributed by atoms with van der Waals surface area (Å²) >= 11 is 0. The Morgan fingerprint density at radius 1 is 0.800 bits per heavy atom. The van der Waals surface area contributed by atoms with Crippen molar-refractivity contribution in [3.05, 3.63) is 108 Å². The summed E-state index contributed by atoms with van der Waals surface area (Å²) in [7, 11) is 0. The minimum Gasteiger partial charge on any atom is -0.358 e. The van der Waals surface area contributed by atoms with E-state index < -0.39 is 4.92 Å². The van der Waals surface area contributed by atoms with Crippen LogP contribution in [0.5, 0.6) is 0 Å². The molecule has 3 aromatic heterocycles. The van der Waals surface area contributed by atoms with Gasteiger partial charge in [0, 0.05) is 29.0 Å². The molecule has 0 radical (unpaired) electrons. The number of nitrogens with zero attached hydrogens (tertiary/aromatic N) is 4. The summed E-state index contributed by atoms with van der Waals surface area (Å²) in [6, 6.07) is 25.7. The van der Waals surface area contributed by atoms with E-state index in [0.29, 0.717) is 11.1 Å². The third-order valence-electron chi connectivity index (χ3n) is 5.05. The number of benzene rings is 2. The molecule has 6 heteroatoms. The molecular formula is C24H16N4O2. The summed E-state index contributed by atoms with van der Waals surface area (Å²) in [6.07, 6.45) is 5.03. The van der Waals surface area contributed by atoms with Crippen molar-refractivity contribution >= 4 is 16.9 Å². The fourth-order valence-electron chi connectivity index (χ4n) is 3.59. The first-order valence-electron chi connectivity index (χ1n) is 9.43. The molecule has 0 saturated heterocycles. The van der Waals surface area contributed by atoms with Gasteiger partial charge < -0.3 is 14.7 Å². The number of rotatable bonds is 4. The van der Waals surface area contributed by atoms with Crippen LogP contribution in [0.25, 0.3) is 39.0 Å². The molecule has 0 aliphatic rings. The molecular weight excluding hydrogens is 376 g/mol. The van der Waals surface area contributed by atoms with E-state index in [1.807, 2.05) is 41.1 Å². The van der Waals surface area contributed by atoms with Crippen molar-refractivity contribution in [2.75, 3.05) is 0 Å². The molecule has 0 amide bonds. The molecule has 0 unspecified atom stereocenters. The van der Waals surface area contributed by atoms with Gasteiger partial charge in [0.05, 0.1) is 5.56 Å². The van der Waals surface area contributed by atoms with Crippen LogP contribution in [0, 0.1) is 10.1 Å². The second kappa shape index (κ2) is 7.25. The predicted molar refractivity (Wildman–Crippen MR) is 116 cm³/mol. The van der Waals surface area contributed by atoms with Crippen LogP contribution in [0.1, 0.15) is 0 Å². The third kappa shape index (κ3) is 3.10. The van der Waals surface area contributed by atoms with Gasteiger partial charge in [0.25, 0.3) is 0 Å². The number of hydrogen-bond donors (Lipinski definition) is 0. The summed E-state index contributed by atoms with van der Waals surface area (Å²) in [5, 5.41) is 12.2. The Hall–Kier alpha value is -4.32. The monoisotopic (exact) mass is 392 g/mol. The molecule has 0 aliphatic carbocycles. The lowest BCUT2D eigenvalue weighted by Crippen LogP contribution is -1.96. The van der Waals surface area contributed by atoms with E-state index in [1.165, 1.54) is 11.8 Å². The first-order valence-corrected chi connectivity index (χ1v) is 9.43. The van der Waals surface area contributed by atoms with Crippen molar-refractivity contribution in [1.29, 1.82) is 0 Å². The van der Waals surface area contributed by atoms with Crippen LogP contribution in [-0.2, 0) is 0 Å². The van der Waals surface area contributed by atoms with Crippen LogP contribution in [0.3, 0.4) is 0 Å². The maximum absolute atomic E-state index is 11.3. The molecule has 0 N–H and O–H groups in total.